The van der Waals surface area contributed by atoms with Crippen molar-refractivity contribution >= 4 is 0 Å². The van der Waals surface area contributed by atoms with E-state index < -0.39 is 0 Å². The molecule has 1 aromatic carbocycles. The van der Waals surface area contributed by atoms with E-state index in [-0.39, 0.29) is 0 Å². The zero-order chi connectivity index (χ0) is 12.3. The smallest absolute Gasteiger partial charge is 0.118 e. The normalized spacial score (nSPS) is 27.6. The summed E-state index contributed by atoms with van der Waals surface area (Å²) >= 11 is 0. The van der Waals surface area contributed by atoms with Crippen molar-refractivity contribution in [2.75, 3.05) is 20.2 Å². The van der Waals surface area contributed by atoms with Crippen LogP contribution in [0.4, 0.5) is 0 Å². The Morgan fingerprint density at radius 3 is 2.47 bits per heavy atom. The van der Waals surface area contributed by atoms with Gasteiger partial charge in [0, 0.05) is 12.0 Å². The minimum Gasteiger partial charge on any atom is -0.497 e. The molecule has 2 heteroatoms. The minimum atomic E-state index is 0.349. The van der Waals surface area contributed by atoms with Crippen LogP contribution in [0.3, 0.4) is 0 Å². The monoisotopic (exact) mass is 233 g/mol. The Kier molecular flexibility index (Phi) is 3.72. The minimum absolute atomic E-state index is 0.349. The van der Waals surface area contributed by atoms with E-state index in [1.54, 1.807) is 7.11 Å². The van der Waals surface area contributed by atoms with Crippen LogP contribution in [-0.4, -0.2) is 20.2 Å². The van der Waals surface area contributed by atoms with Crippen molar-refractivity contribution in [3.63, 3.8) is 0 Å². The summed E-state index contributed by atoms with van der Waals surface area (Å²) in [6, 6.07) is 8.61. The van der Waals surface area contributed by atoms with Crippen LogP contribution < -0.4 is 10.1 Å². The molecule has 2 rings (SSSR count). The molecule has 1 saturated carbocycles. The summed E-state index contributed by atoms with van der Waals surface area (Å²) in [5.74, 6) is 1.72. The van der Waals surface area contributed by atoms with E-state index in [9.17, 15) is 0 Å². The van der Waals surface area contributed by atoms with Crippen LogP contribution in [-0.2, 0) is 5.41 Å². The summed E-state index contributed by atoms with van der Waals surface area (Å²) in [5.41, 5.74) is 1.81. The van der Waals surface area contributed by atoms with Gasteiger partial charge in [0.2, 0.25) is 0 Å². The standard InChI is InChI=1S/C15H23NO/c1-4-16-11-15(10-9-12(15)2)13-5-7-14(17-3)8-6-13/h5-8,12,16H,4,9-11H2,1-3H3. The molecule has 1 aliphatic carbocycles. The Balaban J connectivity index is 2.20. The average molecular weight is 233 g/mol. The second-order valence-corrected chi connectivity index (χ2v) is 5.10. The summed E-state index contributed by atoms with van der Waals surface area (Å²) < 4.78 is 5.23. The molecule has 2 nitrogen and oxygen atoms in total. The fraction of sp³-hybridized carbons (Fsp3) is 0.600. The molecular weight excluding hydrogens is 210 g/mol. The lowest BCUT2D eigenvalue weighted by Crippen LogP contribution is -2.50. The highest BCUT2D eigenvalue weighted by Crippen LogP contribution is 2.48. The van der Waals surface area contributed by atoms with Crippen LogP contribution >= 0.6 is 0 Å². The molecule has 0 heterocycles. The third-order valence-corrected chi connectivity index (χ3v) is 4.32. The van der Waals surface area contributed by atoms with Gasteiger partial charge in [-0.05, 0) is 43.0 Å². The SMILES string of the molecule is CCNCC1(c2ccc(OC)cc2)CCC1C. The first-order valence-electron chi connectivity index (χ1n) is 6.58. The summed E-state index contributed by atoms with van der Waals surface area (Å²) in [6.07, 6.45) is 2.64. The van der Waals surface area contributed by atoms with Gasteiger partial charge in [-0.2, -0.15) is 0 Å². The molecule has 94 valence electrons. The highest BCUT2D eigenvalue weighted by atomic mass is 16.5. The van der Waals surface area contributed by atoms with Gasteiger partial charge >= 0.3 is 0 Å². The average Bonchev–Trinajstić information content (AvgIpc) is 2.38. The van der Waals surface area contributed by atoms with E-state index in [1.807, 2.05) is 0 Å². The molecule has 0 radical (unpaired) electrons. The van der Waals surface area contributed by atoms with Crippen molar-refractivity contribution in [1.29, 1.82) is 0 Å². The number of nitrogens with one attached hydrogen (secondary N) is 1. The van der Waals surface area contributed by atoms with Crippen LogP contribution in [0, 0.1) is 5.92 Å². The number of methoxy groups -OCH3 is 1. The second-order valence-electron chi connectivity index (χ2n) is 5.10. The Hall–Kier alpha value is -1.02. The highest BCUT2D eigenvalue weighted by molar-refractivity contribution is 5.35. The maximum Gasteiger partial charge on any atom is 0.118 e. The lowest BCUT2D eigenvalue weighted by molar-refractivity contribution is 0.135. The second kappa shape index (κ2) is 5.09. The molecular formula is C15H23NO. The Labute approximate surface area is 104 Å². The van der Waals surface area contributed by atoms with Crippen LogP contribution in [0.5, 0.6) is 5.75 Å². The van der Waals surface area contributed by atoms with E-state index in [1.165, 1.54) is 18.4 Å². The van der Waals surface area contributed by atoms with Crippen LogP contribution in [0.2, 0.25) is 0 Å². The zero-order valence-electron chi connectivity index (χ0n) is 11.1. The summed E-state index contributed by atoms with van der Waals surface area (Å²) in [7, 11) is 1.72. The van der Waals surface area contributed by atoms with E-state index in [2.05, 4.69) is 43.4 Å². The van der Waals surface area contributed by atoms with Crippen LogP contribution in [0.1, 0.15) is 32.3 Å². The first-order chi connectivity index (χ1) is 8.23. The molecule has 1 fully saturated rings. The van der Waals surface area contributed by atoms with Crippen molar-refractivity contribution in [2.24, 2.45) is 5.92 Å². The summed E-state index contributed by atoms with van der Waals surface area (Å²) in [6.45, 7) is 6.68. The predicted molar refractivity (Wildman–Crippen MR) is 71.6 cm³/mol. The van der Waals surface area contributed by atoms with E-state index in [0.717, 1.165) is 24.8 Å². The maximum atomic E-state index is 5.23. The van der Waals surface area contributed by atoms with Crippen LogP contribution in [0.15, 0.2) is 24.3 Å². The molecule has 2 unspecified atom stereocenters. The van der Waals surface area contributed by atoms with Gasteiger partial charge < -0.3 is 10.1 Å². The number of hydrogen-bond donors (Lipinski definition) is 1. The fourth-order valence-corrected chi connectivity index (χ4v) is 2.85. The third kappa shape index (κ3) is 2.19. The lowest BCUT2D eigenvalue weighted by atomic mass is 9.57. The van der Waals surface area contributed by atoms with Gasteiger partial charge in [0.25, 0.3) is 0 Å². The predicted octanol–water partition coefficient (Wildman–Crippen LogP) is 2.97. The number of rotatable bonds is 5. The summed E-state index contributed by atoms with van der Waals surface area (Å²) in [4.78, 5) is 0. The van der Waals surface area contributed by atoms with Gasteiger partial charge in [0.15, 0.2) is 0 Å². The quantitative estimate of drug-likeness (QED) is 0.844. The van der Waals surface area contributed by atoms with Crippen molar-refractivity contribution < 1.29 is 4.74 Å². The molecule has 0 amide bonds. The van der Waals surface area contributed by atoms with Gasteiger partial charge in [-0.15, -0.1) is 0 Å². The van der Waals surface area contributed by atoms with Crippen LogP contribution in [0.25, 0.3) is 0 Å². The molecule has 0 bridgehead atoms. The van der Waals surface area contributed by atoms with Crippen molar-refractivity contribution in [1.82, 2.24) is 5.32 Å². The van der Waals surface area contributed by atoms with Crippen molar-refractivity contribution in [2.45, 2.75) is 32.1 Å². The van der Waals surface area contributed by atoms with Gasteiger partial charge in [-0.1, -0.05) is 26.0 Å². The highest BCUT2D eigenvalue weighted by Gasteiger charge is 2.44. The molecule has 1 aliphatic rings. The molecule has 0 spiro atoms. The molecule has 2 atom stereocenters. The van der Waals surface area contributed by atoms with Crippen molar-refractivity contribution in [3.05, 3.63) is 29.8 Å². The third-order valence-electron chi connectivity index (χ3n) is 4.32. The molecule has 1 aromatic rings. The zero-order valence-corrected chi connectivity index (χ0v) is 11.1. The Morgan fingerprint density at radius 1 is 1.35 bits per heavy atom. The summed E-state index contributed by atoms with van der Waals surface area (Å²) in [5, 5.41) is 3.52. The topological polar surface area (TPSA) is 21.3 Å². The number of hydrogen-bond acceptors (Lipinski definition) is 2. The number of ether oxygens (including phenoxy) is 1. The van der Waals surface area contributed by atoms with Gasteiger partial charge in [0.1, 0.15) is 5.75 Å². The fourth-order valence-electron chi connectivity index (χ4n) is 2.85. The van der Waals surface area contributed by atoms with Gasteiger partial charge in [0.05, 0.1) is 7.11 Å². The first-order valence-corrected chi connectivity index (χ1v) is 6.58. The van der Waals surface area contributed by atoms with Gasteiger partial charge in [-0.3, -0.25) is 0 Å². The van der Waals surface area contributed by atoms with E-state index >= 15 is 0 Å². The molecule has 17 heavy (non-hydrogen) atoms. The van der Waals surface area contributed by atoms with Gasteiger partial charge in [-0.25, -0.2) is 0 Å². The Bertz CT molecular complexity index is 360. The molecule has 0 saturated heterocycles. The molecule has 0 aliphatic heterocycles. The van der Waals surface area contributed by atoms with E-state index in [4.69, 9.17) is 4.74 Å². The molecule has 1 N–H and O–H groups in total. The Morgan fingerprint density at radius 2 is 2.06 bits per heavy atom. The first kappa shape index (κ1) is 12.4. The van der Waals surface area contributed by atoms with Crippen molar-refractivity contribution in [3.8, 4) is 5.75 Å². The van der Waals surface area contributed by atoms with E-state index in [0.29, 0.717) is 5.41 Å². The number of benzene rings is 1. The molecule has 0 aromatic heterocycles. The largest absolute Gasteiger partial charge is 0.497 e. The number of likely N-dealkylation sites (N-methyl/N-ethyl adjacent to an activating group) is 1. The maximum absolute atomic E-state index is 5.23. The lowest BCUT2D eigenvalue weighted by Gasteiger charge is -2.49.